The number of aryl methyl sites for hydroxylation is 1. The first-order valence-corrected chi connectivity index (χ1v) is 11.4. The van der Waals surface area contributed by atoms with Crippen molar-refractivity contribution in [1.29, 1.82) is 0 Å². The third-order valence-corrected chi connectivity index (χ3v) is 6.23. The number of hydrogen-bond acceptors (Lipinski definition) is 2. The van der Waals surface area contributed by atoms with Crippen LogP contribution in [0.4, 0.5) is 11.4 Å². The number of fused-ring (bicyclic) bond motifs is 1. The summed E-state index contributed by atoms with van der Waals surface area (Å²) in [4.78, 5) is 20.9. The van der Waals surface area contributed by atoms with Crippen LogP contribution in [0.2, 0.25) is 5.02 Å². The maximum absolute atomic E-state index is 14.0. The molecule has 4 heteroatoms. The first-order chi connectivity index (χ1) is 16.1. The van der Waals surface area contributed by atoms with Crippen LogP contribution in [0.25, 0.3) is 0 Å². The lowest BCUT2D eigenvalue weighted by Gasteiger charge is -2.32. The zero-order chi connectivity index (χ0) is 22.8. The Morgan fingerprint density at radius 3 is 2.24 bits per heavy atom. The third kappa shape index (κ3) is 4.33. The second-order valence-corrected chi connectivity index (χ2v) is 8.66. The Bertz CT molecular complexity index is 1310. The molecular weight excluding hydrogens is 428 g/mol. The average molecular weight is 451 g/mol. The zero-order valence-corrected chi connectivity index (χ0v) is 19.0. The van der Waals surface area contributed by atoms with Gasteiger partial charge in [0.15, 0.2) is 0 Å². The number of rotatable bonds is 3. The summed E-state index contributed by atoms with van der Waals surface area (Å²) in [7, 11) is 0. The number of para-hydroxylation sites is 2. The lowest BCUT2D eigenvalue weighted by Crippen LogP contribution is -2.35. The van der Waals surface area contributed by atoms with Gasteiger partial charge in [0.25, 0.3) is 5.91 Å². The van der Waals surface area contributed by atoms with Gasteiger partial charge in [-0.25, -0.2) is 0 Å². The van der Waals surface area contributed by atoms with E-state index in [0.29, 0.717) is 17.0 Å². The van der Waals surface area contributed by atoms with E-state index < -0.39 is 0 Å². The fourth-order valence-electron chi connectivity index (χ4n) is 4.25. The molecule has 0 aliphatic carbocycles. The number of amides is 1. The molecule has 3 nitrogen and oxygen atoms in total. The molecular formula is C29H23ClN2O. The molecule has 1 aliphatic rings. The minimum atomic E-state index is -0.210. The molecule has 4 aromatic carbocycles. The van der Waals surface area contributed by atoms with Crippen molar-refractivity contribution < 1.29 is 4.79 Å². The van der Waals surface area contributed by atoms with Gasteiger partial charge in [0, 0.05) is 17.0 Å². The fourth-order valence-corrected chi connectivity index (χ4v) is 4.37. The Labute approximate surface area is 199 Å². The van der Waals surface area contributed by atoms with Gasteiger partial charge >= 0.3 is 0 Å². The molecule has 162 valence electrons. The van der Waals surface area contributed by atoms with Gasteiger partial charge in [-0.2, -0.15) is 0 Å². The fraction of sp³-hybridized carbons (Fsp3) is 0.103. The van der Waals surface area contributed by atoms with Crippen molar-refractivity contribution in [1.82, 2.24) is 0 Å². The summed E-state index contributed by atoms with van der Waals surface area (Å²) >= 11 is 6.14. The van der Waals surface area contributed by atoms with Crippen LogP contribution in [-0.4, -0.2) is 11.6 Å². The van der Waals surface area contributed by atoms with Crippen molar-refractivity contribution in [2.24, 2.45) is 4.99 Å². The second-order valence-electron chi connectivity index (χ2n) is 8.23. The second kappa shape index (κ2) is 9.05. The van der Waals surface area contributed by atoms with Crippen molar-refractivity contribution in [2.75, 3.05) is 4.90 Å². The number of carbonyl (C=O) groups excluding carboxylic acids is 1. The molecule has 0 N–H and O–H groups in total. The highest BCUT2D eigenvalue weighted by Gasteiger charge is 2.33. The van der Waals surface area contributed by atoms with E-state index in [-0.39, 0.29) is 11.9 Å². The topological polar surface area (TPSA) is 32.7 Å². The molecule has 0 saturated carbocycles. The standard InChI is InChI=1S/C29H23ClN2O/c1-20-11-13-23(14-12-20)29(33)32-27-10-6-5-9-25(27)31-26(21-15-17-24(30)18-16-21)19-28(32)22-7-3-2-4-8-22/h2-18,28H,19H2,1H3/t28-/m0/s1. The molecule has 0 bridgehead atoms. The number of anilines is 1. The summed E-state index contributed by atoms with van der Waals surface area (Å²) in [6.45, 7) is 2.02. The van der Waals surface area contributed by atoms with Crippen LogP contribution in [-0.2, 0) is 0 Å². The summed E-state index contributed by atoms with van der Waals surface area (Å²) < 4.78 is 0. The average Bonchev–Trinajstić information content (AvgIpc) is 3.02. The molecule has 33 heavy (non-hydrogen) atoms. The predicted molar refractivity (Wildman–Crippen MR) is 136 cm³/mol. The van der Waals surface area contributed by atoms with E-state index in [9.17, 15) is 4.79 Å². The number of carbonyl (C=O) groups is 1. The van der Waals surface area contributed by atoms with Crippen molar-refractivity contribution in [3.63, 3.8) is 0 Å². The minimum absolute atomic E-state index is 0.0381. The summed E-state index contributed by atoms with van der Waals surface area (Å²) in [5, 5.41) is 0.684. The Morgan fingerprint density at radius 1 is 0.848 bits per heavy atom. The van der Waals surface area contributed by atoms with E-state index in [2.05, 4.69) is 12.1 Å². The molecule has 0 aromatic heterocycles. The van der Waals surface area contributed by atoms with E-state index in [0.717, 1.165) is 33.8 Å². The van der Waals surface area contributed by atoms with Gasteiger partial charge in [-0.15, -0.1) is 0 Å². The largest absolute Gasteiger partial charge is 0.298 e. The molecule has 1 heterocycles. The van der Waals surface area contributed by atoms with Crippen LogP contribution in [0.1, 0.15) is 39.5 Å². The highest BCUT2D eigenvalue weighted by molar-refractivity contribution is 6.30. The number of halogens is 1. The molecule has 1 atom stereocenters. The number of nitrogens with zero attached hydrogens (tertiary/aromatic N) is 2. The van der Waals surface area contributed by atoms with Crippen molar-refractivity contribution in [2.45, 2.75) is 19.4 Å². The molecule has 0 radical (unpaired) electrons. The first kappa shape index (κ1) is 21.2. The number of benzene rings is 4. The first-order valence-electron chi connectivity index (χ1n) is 11.0. The highest BCUT2D eigenvalue weighted by atomic mass is 35.5. The van der Waals surface area contributed by atoms with Crippen LogP contribution in [0.5, 0.6) is 0 Å². The van der Waals surface area contributed by atoms with Crippen molar-refractivity contribution in [3.8, 4) is 0 Å². The maximum atomic E-state index is 14.0. The van der Waals surface area contributed by atoms with Crippen LogP contribution >= 0.6 is 11.6 Å². The number of hydrogen-bond donors (Lipinski definition) is 0. The van der Waals surface area contributed by atoms with Gasteiger partial charge in [0.05, 0.1) is 23.1 Å². The lowest BCUT2D eigenvalue weighted by atomic mass is 9.95. The van der Waals surface area contributed by atoms with Gasteiger partial charge in [-0.1, -0.05) is 83.9 Å². The van der Waals surface area contributed by atoms with Crippen LogP contribution in [0.3, 0.4) is 0 Å². The van der Waals surface area contributed by atoms with E-state index in [1.165, 1.54) is 0 Å². The maximum Gasteiger partial charge on any atom is 0.258 e. The summed E-state index contributed by atoms with van der Waals surface area (Å²) in [5.41, 5.74) is 6.35. The monoisotopic (exact) mass is 450 g/mol. The Morgan fingerprint density at radius 2 is 1.52 bits per heavy atom. The zero-order valence-electron chi connectivity index (χ0n) is 18.3. The van der Waals surface area contributed by atoms with Crippen LogP contribution in [0, 0.1) is 6.92 Å². The van der Waals surface area contributed by atoms with Gasteiger partial charge in [0.2, 0.25) is 0 Å². The van der Waals surface area contributed by atoms with Gasteiger partial charge < -0.3 is 0 Å². The molecule has 0 spiro atoms. The predicted octanol–water partition coefficient (Wildman–Crippen LogP) is 7.56. The molecule has 1 aliphatic heterocycles. The lowest BCUT2D eigenvalue weighted by molar-refractivity contribution is 0.0977. The van der Waals surface area contributed by atoms with Crippen LogP contribution in [0.15, 0.2) is 108 Å². The minimum Gasteiger partial charge on any atom is -0.298 e. The van der Waals surface area contributed by atoms with Crippen molar-refractivity contribution in [3.05, 3.63) is 130 Å². The van der Waals surface area contributed by atoms with Gasteiger partial charge in [-0.3, -0.25) is 14.7 Å². The SMILES string of the molecule is Cc1ccc(C(=O)N2c3ccccc3N=C(c3ccc(Cl)cc3)C[C@H]2c2ccccc2)cc1. The van der Waals surface area contributed by atoms with E-state index in [1.807, 2.05) is 103 Å². The summed E-state index contributed by atoms with van der Waals surface area (Å²) in [5.74, 6) is -0.0381. The Hall–Kier alpha value is -3.69. The van der Waals surface area contributed by atoms with E-state index in [1.54, 1.807) is 0 Å². The summed E-state index contributed by atoms with van der Waals surface area (Å²) in [6, 6.07) is 33.3. The molecule has 4 aromatic rings. The number of aliphatic imine (C=N–C) groups is 1. The highest BCUT2D eigenvalue weighted by Crippen LogP contribution is 2.41. The smallest absolute Gasteiger partial charge is 0.258 e. The Kier molecular flexibility index (Phi) is 5.80. The Balaban J connectivity index is 1.68. The van der Waals surface area contributed by atoms with Gasteiger partial charge in [0.1, 0.15) is 0 Å². The van der Waals surface area contributed by atoms with Crippen molar-refractivity contribution >= 4 is 34.6 Å². The molecule has 5 rings (SSSR count). The molecule has 1 amide bonds. The van der Waals surface area contributed by atoms with E-state index >= 15 is 0 Å². The quantitative estimate of drug-likeness (QED) is 0.317. The molecule has 0 unspecified atom stereocenters. The summed E-state index contributed by atoms with van der Waals surface area (Å²) in [6.07, 6.45) is 0.581. The molecule has 0 saturated heterocycles. The molecule has 0 fully saturated rings. The third-order valence-electron chi connectivity index (χ3n) is 5.97. The normalized spacial score (nSPS) is 15.4. The van der Waals surface area contributed by atoms with Gasteiger partial charge in [-0.05, 0) is 54.4 Å². The van der Waals surface area contributed by atoms with E-state index in [4.69, 9.17) is 16.6 Å². The van der Waals surface area contributed by atoms with Crippen LogP contribution < -0.4 is 4.90 Å².